The average molecular weight is 1780 g/mol. The first kappa shape index (κ1) is 81.1. The second-order valence-electron chi connectivity index (χ2n) is 35.3. The van der Waals surface area contributed by atoms with Gasteiger partial charge in [-0.1, -0.05) is 370 Å². The van der Waals surface area contributed by atoms with Crippen molar-refractivity contribution >= 4 is 127 Å². The normalized spacial score (nSPS) is 11.8. The zero-order valence-electron chi connectivity index (χ0n) is 75.6. The van der Waals surface area contributed by atoms with Gasteiger partial charge in [-0.3, -0.25) is 0 Å². The summed E-state index contributed by atoms with van der Waals surface area (Å²) in [6, 6.07) is 185. The molecule has 0 saturated heterocycles. The molecule has 3 aliphatic heterocycles. The minimum absolute atomic E-state index is 0.858. The highest BCUT2D eigenvalue weighted by atomic mass is 16.5. The highest BCUT2D eigenvalue weighted by molar-refractivity contribution is 6.16. The maximum Gasteiger partial charge on any atom is 0.152 e. The van der Waals surface area contributed by atoms with E-state index in [1.807, 2.05) is 0 Å². The van der Waals surface area contributed by atoms with E-state index >= 15 is 0 Å². The van der Waals surface area contributed by atoms with Crippen molar-refractivity contribution in [1.29, 1.82) is 0 Å². The summed E-state index contributed by atoms with van der Waals surface area (Å²) in [5.74, 6) is 5.25. The number of para-hydroxylation sites is 12. The van der Waals surface area contributed by atoms with E-state index in [0.29, 0.717) is 0 Å². The standard InChI is InChI=1S/C48H32N2O.C46H30N2O.C36H24N2O/c1-3-11-33(12-4-1)35-21-27-38(28-22-35)49(39-29-23-36(24-30-39)34-13-5-2-6-14-34)40-31-25-37(26-32-40)41-16-9-19-45-47(41)50-44-18-8-7-15-42(44)43-17-10-20-46(51-45)48(43)50;1-2-13-31(14-3-1)35-18-6-8-22-40(35)47(41-24-10-16-32-15-4-5-17-36(32)41)34-29-27-33(28-30-34)37-20-11-25-43-45(37)48-42-23-9-7-19-38(42)39-21-12-26-44(49-43)46(39)48;1-3-11-26(12-4-1)37(27-13-5-2-6-14-27)28-23-21-25(22-24-28)29-16-9-19-33-35(29)38-32-18-8-7-15-30(32)31-17-10-20-34(39-33)36(31)38/h1-32H;1-30H;1-24H. The van der Waals surface area contributed by atoms with Crippen LogP contribution < -0.4 is 28.9 Å². The van der Waals surface area contributed by atoms with E-state index in [0.717, 1.165) is 153 Å². The molecule has 9 heteroatoms. The number of hydrogen-bond acceptors (Lipinski definition) is 6. The molecule has 28 rings (SSSR count). The third-order valence-electron chi connectivity index (χ3n) is 27.3. The Bertz CT molecular complexity index is 8870. The molecule has 139 heavy (non-hydrogen) atoms. The molecule has 654 valence electrons. The largest absolute Gasteiger partial charge is 0.453 e. The molecule has 0 unspecified atom stereocenters. The van der Waals surface area contributed by atoms with E-state index in [2.05, 4.69) is 550 Å². The van der Waals surface area contributed by atoms with E-state index in [9.17, 15) is 0 Å². The molecule has 6 heterocycles. The van der Waals surface area contributed by atoms with Crippen molar-refractivity contribution in [3.8, 4) is 118 Å². The molecule has 0 N–H and O–H groups in total. The number of ether oxygens (including phenoxy) is 3. The molecule has 0 atom stereocenters. The summed E-state index contributed by atoms with van der Waals surface area (Å²) < 4.78 is 26.8. The van der Waals surface area contributed by atoms with Crippen molar-refractivity contribution in [2.24, 2.45) is 0 Å². The van der Waals surface area contributed by atoms with Crippen LogP contribution in [0.1, 0.15) is 0 Å². The van der Waals surface area contributed by atoms with Gasteiger partial charge in [-0.25, -0.2) is 0 Å². The summed E-state index contributed by atoms with van der Waals surface area (Å²) in [5, 5.41) is 9.70. The van der Waals surface area contributed by atoms with Gasteiger partial charge in [-0.05, 0) is 202 Å². The summed E-state index contributed by atoms with van der Waals surface area (Å²) in [7, 11) is 0. The molecule has 0 saturated carbocycles. The molecule has 25 aromatic rings. The minimum atomic E-state index is 0.858. The summed E-state index contributed by atoms with van der Waals surface area (Å²) in [5.41, 5.74) is 34.0. The van der Waals surface area contributed by atoms with Crippen LogP contribution in [0.15, 0.2) is 522 Å². The van der Waals surface area contributed by atoms with Crippen molar-refractivity contribution in [3.63, 3.8) is 0 Å². The molecule has 3 aliphatic rings. The molecule has 0 bridgehead atoms. The van der Waals surface area contributed by atoms with Crippen LogP contribution in [0.5, 0.6) is 34.5 Å². The van der Waals surface area contributed by atoms with E-state index in [-0.39, 0.29) is 0 Å². The fraction of sp³-hybridized carbons (Fsp3) is 0. The van der Waals surface area contributed by atoms with Gasteiger partial charge >= 0.3 is 0 Å². The lowest BCUT2D eigenvalue weighted by atomic mass is 9.99. The zero-order chi connectivity index (χ0) is 91.8. The number of aromatic nitrogens is 3. The topological polar surface area (TPSA) is 52.2 Å². The third-order valence-corrected chi connectivity index (χ3v) is 27.3. The lowest BCUT2D eigenvalue weighted by molar-refractivity contribution is 0.476. The maximum absolute atomic E-state index is 6.59. The highest BCUT2D eigenvalue weighted by Crippen LogP contribution is 2.55. The molecule has 0 fully saturated rings. The van der Waals surface area contributed by atoms with E-state index in [4.69, 9.17) is 14.2 Å². The Kier molecular flexibility index (Phi) is 20.1. The lowest BCUT2D eigenvalue weighted by Gasteiger charge is -2.29. The van der Waals surface area contributed by atoms with E-state index in [1.165, 1.54) is 93.0 Å². The van der Waals surface area contributed by atoms with Gasteiger partial charge in [0.05, 0.1) is 61.5 Å². The van der Waals surface area contributed by atoms with Crippen LogP contribution in [0, 0.1) is 0 Å². The molecule has 22 aromatic carbocycles. The Hall–Kier alpha value is -18.7. The van der Waals surface area contributed by atoms with Gasteiger partial charge in [-0.15, -0.1) is 0 Å². The second-order valence-corrected chi connectivity index (χ2v) is 35.3. The Morgan fingerprint density at radius 1 is 0.144 bits per heavy atom. The number of rotatable bonds is 15. The first-order valence-electron chi connectivity index (χ1n) is 47.3. The molecule has 0 amide bonds. The zero-order valence-corrected chi connectivity index (χ0v) is 75.6. The summed E-state index contributed by atoms with van der Waals surface area (Å²) in [6.45, 7) is 0. The summed E-state index contributed by atoms with van der Waals surface area (Å²) >= 11 is 0. The van der Waals surface area contributed by atoms with Gasteiger partial charge in [0.15, 0.2) is 34.5 Å². The Morgan fingerprint density at radius 2 is 0.381 bits per heavy atom. The van der Waals surface area contributed by atoms with Crippen LogP contribution in [0.2, 0.25) is 0 Å². The molecule has 0 radical (unpaired) electrons. The van der Waals surface area contributed by atoms with Gasteiger partial charge in [0.1, 0.15) is 0 Å². The molecule has 3 aromatic heterocycles. The fourth-order valence-electron chi connectivity index (χ4n) is 21.1. The Morgan fingerprint density at radius 3 is 0.763 bits per heavy atom. The van der Waals surface area contributed by atoms with Gasteiger partial charge in [0, 0.05) is 99.8 Å². The molecule has 0 spiro atoms. The van der Waals surface area contributed by atoms with Crippen molar-refractivity contribution in [1.82, 2.24) is 13.7 Å². The molecule has 9 nitrogen and oxygen atoms in total. The summed E-state index contributed by atoms with van der Waals surface area (Å²) in [6.07, 6.45) is 0. The van der Waals surface area contributed by atoms with Crippen LogP contribution in [-0.2, 0) is 0 Å². The lowest BCUT2D eigenvalue weighted by Crippen LogP contribution is -2.11. The summed E-state index contributed by atoms with van der Waals surface area (Å²) in [4.78, 5) is 7.01. The number of fused-ring (bicyclic) bond motifs is 16. The monoisotopic (exact) mass is 1780 g/mol. The van der Waals surface area contributed by atoms with Crippen LogP contribution in [0.3, 0.4) is 0 Å². The van der Waals surface area contributed by atoms with Crippen LogP contribution in [0.25, 0.3) is 160 Å². The first-order chi connectivity index (χ1) is 69.0. The number of nitrogens with zero attached hydrogens (tertiary/aromatic N) is 6. The highest BCUT2D eigenvalue weighted by Gasteiger charge is 2.32. The van der Waals surface area contributed by atoms with E-state index in [1.54, 1.807) is 0 Å². The van der Waals surface area contributed by atoms with E-state index < -0.39 is 0 Å². The Balaban J connectivity index is 0.000000108. The number of hydrogen-bond donors (Lipinski definition) is 0. The SMILES string of the molecule is c1ccc(-c2ccc(N(c3ccc(-c4ccccc4)cc3)c3ccc(-c4cccc5c4-n4c6ccccc6c6cccc(c64)O5)cc3)cc2)cc1.c1ccc(-c2ccccc2N(c2ccc(-c3cccc4c3-n3c5ccccc5c5cccc(c53)O4)cc2)c2cccc3ccccc23)cc1.c1ccc(N(c2ccccc2)c2ccc(-c3cccc4c3-n3c5ccccc5c5cccc(c53)O4)cc2)cc1. The Labute approximate surface area is 804 Å². The van der Waals surface area contributed by atoms with Crippen LogP contribution in [0.4, 0.5) is 51.2 Å². The fourth-order valence-corrected chi connectivity index (χ4v) is 21.1. The molecule has 0 aliphatic carbocycles. The smallest absolute Gasteiger partial charge is 0.152 e. The first-order valence-corrected chi connectivity index (χ1v) is 47.3. The van der Waals surface area contributed by atoms with Crippen molar-refractivity contribution in [2.75, 3.05) is 14.7 Å². The van der Waals surface area contributed by atoms with Gasteiger partial charge < -0.3 is 42.6 Å². The second kappa shape index (κ2) is 34.4. The average Bonchev–Trinajstić information content (AvgIpc) is 1.53. The minimum Gasteiger partial charge on any atom is -0.453 e. The third kappa shape index (κ3) is 14.2. The molecular formula is C130H86N6O3. The number of anilines is 9. The van der Waals surface area contributed by atoms with Crippen LogP contribution >= 0.6 is 0 Å². The van der Waals surface area contributed by atoms with Crippen molar-refractivity contribution < 1.29 is 14.2 Å². The number of benzene rings is 22. The maximum atomic E-state index is 6.59. The van der Waals surface area contributed by atoms with Gasteiger partial charge in [-0.2, -0.15) is 0 Å². The quantitative estimate of drug-likeness (QED) is 0.102. The van der Waals surface area contributed by atoms with Crippen molar-refractivity contribution in [2.45, 2.75) is 0 Å². The predicted molar refractivity (Wildman–Crippen MR) is 577 cm³/mol. The van der Waals surface area contributed by atoms with Gasteiger partial charge in [0.25, 0.3) is 0 Å². The van der Waals surface area contributed by atoms with Crippen molar-refractivity contribution in [3.05, 3.63) is 522 Å². The molecular weight excluding hydrogens is 1690 g/mol. The van der Waals surface area contributed by atoms with Gasteiger partial charge in [0.2, 0.25) is 0 Å². The predicted octanol–water partition coefficient (Wildman–Crippen LogP) is 36.2. The van der Waals surface area contributed by atoms with Crippen LogP contribution in [-0.4, -0.2) is 13.7 Å².